The van der Waals surface area contributed by atoms with Gasteiger partial charge in [-0.25, -0.2) is 9.97 Å². The van der Waals surface area contributed by atoms with Crippen molar-refractivity contribution < 1.29 is 14.3 Å². The monoisotopic (exact) mass is 676 g/mol. The number of esters is 1. The lowest BCUT2D eigenvalue weighted by Crippen LogP contribution is -2.50. The van der Waals surface area contributed by atoms with Gasteiger partial charge in [0.25, 0.3) is 5.91 Å². The fourth-order valence-electron chi connectivity index (χ4n) is 6.46. The lowest BCUT2D eigenvalue weighted by molar-refractivity contribution is -0.148. The van der Waals surface area contributed by atoms with Crippen LogP contribution in [-0.2, 0) is 9.53 Å². The van der Waals surface area contributed by atoms with Crippen molar-refractivity contribution in [3.8, 4) is 10.6 Å². The summed E-state index contributed by atoms with van der Waals surface area (Å²) in [5.74, 6) is 0.0566. The van der Waals surface area contributed by atoms with E-state index in [2.05, 4.69) is 25.0 Å². The normalized spacial score (nSPS) is 18.9. The summed E-state index contributed by atoms with van der Waals surface area (Å²) in [5, 5.41) is 7.57. The van der Waals surface area contributed by atoms with Crippen LogP contribution in [0.4, 0.5) is 16.0 Å². The van der Waals surface area contributed by atoms with E-state index in [1.54, 1.807) is 23.6 Å². The highest BCUT2D eigenvalue weighted by Crippen LogP contribution is 2.42. The number of piperidine rings is 1. The average Bonchev–Trinajstić information content (AvgIpc) is 3.67. The Morgan fingerprint density at radius 1 is 1.00 bits per heavy atom. The van der Waals surface area contributed by atoms with E-state index in [0.29, 0.717) is 65.1 Å². The second-order valence-electron chi connectivity index (χ2n) is 11.6. The summed E-state index contributed by atoms with van der Waals surface area (Å²) in [6.07, 6.45) is 9.57. The number of pyridine rings is 1. The summed E-state index contributed by atoms with van der Waals surface area (Å²) in [7, 11) is 0. The molecule has 0 atom stereocenters. The molecular formula is C31H38Cl2N6O3S2. The van der Waals surface area contributed by atoms with E-state index in [0.717, 1.165) is 41.8 Å². The highest BCUT2D eigenvalue weighted by molar-refractivity contribution is 7.21. The van der Waals surface area contributed by atoms with Crippen LogP contribution in [0.25, 0.3) is 10.6 Å². The van der Waals surface area contributed by atoms with E-state index >= 15 is 0 Å². The van der Waals surface area contributed by atoms with Crippen LogP contribution >= 0.6 is 45.9 Å². The number of thiophene rings is 1. The van der Waals surface area contributed by atoms with E-state index in [1.807, 2.05) is 18.4 Å². The molecule has 3 aromatic rings. The molecule has 3 aliphatic rings. The molecule has 0 spiro atoms. The summed E-state index contributed by atoms with van der Waals surface area (Å²) in [4.78, 5) is 42.9. The maximum Gasteiger partial charge on any atom is 0.309 e. The Morgan fingerprint density at radius 3 is 2.41 bits per heavy atom. The first-order valence-corrected chi connectivity index (χ1v) is 18.0. The second-order valence-corrected chi connectivity index (χ2v) is 14.3. The second kappa shape index (κ2) is 14.3. The zero-order chi connectivity index (χ0) is 30.6. The molecule has 0 radical (unpaired) electrons. The molecule has 44 heavy (non-hydrogen) atoms. The number of carbonyl (C=O) groups is 2. The first kappa shape index (κ1) is 31.5. The number of nitrogens with zero attached hydrogens (tertiary/aromatic N) is 5. The van der Waals surface area contributed by atoms with Gasteiger partial charge in [-0.2, -0.15) is 0 Å². The molecule has 2 aliphatic heterocycles. The molecule has 0 bridgehead atoms. The van der Waals surface area contributed by atoms with Crippen LogP contribution < -0.4 is 15.1 Å². The Hall–Kier alpha value is -2.44. The lowest BCUT2D eigenvalue weighted by atomic mass is 9.94. The van der Waals surface area contributed by atoms with Gasteiger partial charge in [0.2, 0.25) is 0 Å². The van der Waals surface area contributed by atoms with Crippen molar-refractivity contribution in [3.05, 3.63) is 39.3 Å². The van der Waals surface area contributed by atoms with Crippen molar-refractivity contribution in [2.75, 3.05) is 61.0 Å². The standard InChI is InChI=1S/C31H38Cl2N6O3S2/c1-2-42-30(41)20-8-10-38(11-9-20)27-24(33)16-21(18-34-27)28(40)36-31-35-26(25-17-22(32)19-43-25)29(44-31)39-14-12-37(13-15-39)23-6-4-3-5-7-23/h16-20,23H,2-15H2,1H3,(H,35,36,40). The number of hydrogen-bond donors (Lipinski definition) is 1. The van der Waals surface area contributed by atoms with Gasteiger partial charge in [-0.1, -0.05) is 53.8 Å². The highest BCUT2D eigenvalue weighted by Gasteiger charge is 2.30. The Bertz CT molecular complexity index is 1460. The summed E-state index contributed by atoms with van der Waals surface area (Å²) in [5.41, 5.74) is 1.21. The molecule has 6 rings (SSSR count). The van der Waals surface area contributed by atoms with Gasteiger partial charge in [0.1, 0.15) is 16.5 Å². The van der Waals surface area contributed by atoms with Crippen molar-refractivity contribution in [3.63, 3.8) is 0 Å². The number of amides is 1. The van der Waals surface area contributed by atoms with Crippen LogP contribution in [-0.4, -0.2) is 78.7 Å². The molecular weight excluding hydrogens is 639 g/mol. The van der Waals surface area contributed by atoms with Gasteiger partial charge in [-0.15, -0.1) is 11.3 Å². The Labute approximate surface area is 276 Å². The van der Waals surface area contributed by atoms with Gasteiger partial charge in [0.15, 0.2) is 5.13 Å². The van der Waals surface area contributed by atoms with Crippen LogP contribution in [0.15, 0.2) is 23.7 Å². The average molecular weight is 678 g/mol. The number of aromatic nitrogens is 2. The minimum Gasteiger partial charge on any atom is -0.466 e. The topological polar surface area (TPSA) is 90.9 Å². The molecule has 2 saturated heterocycles. The molecule has 9 nitrogen and oxygen atoms in total. The largest absolute Gasteiger partial charge is 0.466 e. The number of anilines is 3. The van der Waals surface area contributed by atoms with Crippen molar-refractivity contribution in [2.45, 2.75) is 57.9 Å². The van der Waals surface area contributed by atoms with Gasteiger partial charge in [-0.3, -0.25) is 19.8 Å². The molecule has 236 valence electrons. The molecule has 1 saturated carbocycles. The zero-order valence-electron chi connectivity index (χ0n) is 24.9. The van der Waals surface area contributed by atoms with Gasteiger partial charge >= 0.3 is 5.97 Å². The molecule has 5 heterocycles. The van der Waals surface area contributed by atoms with Gasteiger partial charge in [-0.05, 0) is 44.7 Å². The van der Waals surface area contributed by atoms with Crippen molar-refractivity contribution >= 4 is 73.7 Å². The van der Waals surface area contributed by atoms with Gasteiger partial charge < -0.3 is 14.5 Å². The predicted molar refractivity (Wildman–Crippen MR) is 180 cm³/mol. The fourth-order valence-corrected chi connectivity index (χ4v) is 8.90. The number of piperazine rings is 1. The van der Waals surface area contributed by atoms with Crippen LogP contribution in [0, 0.1) is 5.92 Å². The van der Waals surface area contributed by atoms with Gasteiger partial charge in [0.05, 0.1) is 33.0 Å². The summed E-state index contributed by atoms with van der Waals surface area (Å²) in [6, 6.07) is 4.29. The summed E-state index contributed by atoms with van der Waals surface area (Å²) in [6.45, 7) is 7.42. The number of rotatable bonds is 8. The number of halogens is 2. The van der Waals surface area contributed by atoms with Crippen molar-refractivity contribution in [2.24, 2.45) is 5.92 Å². The van der Waals surface area contributed by atoms with Crippen LogP contribution in [0.3, 0.4) is 0 Å². The lowest BCUT2D eigenvalue weighted by Gasteiger charge is -2.41. The Morgan fingerprint density at radius 2 is 1.75 bits per heavy atom. The highest BCUT2D eigenvalue weighted by atomic mass is 35.5. The maximum absolute atomic E-state index is 13.3. The Kier molecular flexibility index (Phi) is 10.3. The van der Waals surface area contributed by atoms with Crippen molar-refractivity contribution in [1.82, 2.24) is 14.9 Å². The third-order valence-electron chi connectivity index (χ3n) is 8.82. The molecule has 3 fully saturated rings. The molecule has 1 amide bonds. The summed E-state index contributed by atoms with van der Waals surface area (Å²) < 4.78 is 5.18. The van der Waals surface area contributed by atoms with Gasteiger partial charge in [0, 0.05) is 56.9 Å². The fraction of sp³-hybridized carbons (Fsp3) is 0.548. The smallest absolute Gasteiger partial charge is 0.309 e. The number of hydrogen-bond acceptors (Lipinski definition) is 10. The Balaban J connectivity index is 1.13. The van der Waals surface area contributed by atoms with E-state index < -0.39 is 0 Å². The van der Waals surface area contributed by atoms with E-state index in [-0.39, 0.29) is 17.8 Å². The SMILES string of the molecule is CCOC(=O)C1CCN(c2ncc(C(=O)Nc3nc(-c4cc(Cl)cs4)c(N4CCN(C5CCCCC5)CC4)s3)cc2Cl)CC1. The first-order valence-electron chi connectivity index (χ1n) is 15.5. The first-order chi connectivity index (χ1) is 21.4. The molecule has 1 N–H and O–H groups in total. The predicted octanol–water partition coefficient (Wildman–Crippen LogP) is 7.06. The summed E-state index contributed by atoms with van der Waals surface area (Å²) >= 11 is 16.0. The molecule has 0 aromatic carbocycles. The van der Waals surface area contributed by atoms with Crippen LogP contribution in [0.1, 0.15) is 62.2 Å². The van der Waals surface area contributed by atoms with Crippen molar-refractivity contribution in [1.29, 1.82) is 0 Å². The number of carbonyl (C=O) groups excluding carboxylic acids is 2. The minimum atomic E-state index is -0.315. The zero-order valence-corrected chi connectivity index (χ0v) is 28.0. The molecule has 13 heteroatoms. The van der Waals surface area contributed by atoms with Crippen LogP contribution in [0.2, 0.25) is 10.0 Å². The van der Waals surface area contributed by atoms with Crippen LogP contribution in [0.5, 0.6) is 0 Å². The quantitative estimate of drug-likeness (QED) is 0.254. The molecule has 3 aromatic heterocycles. The number of nitrogens with one attached hydrogen (secondary N) is 1. The number of thiazole rings is 1. The van der Waals surface area contributed by atoms with E-state index in [9.17, 15) is 9.59 Å². The third kappa shape index (κ3) is 7.17. The van der Waals surface area contributed by atoms with E-state index in [4.69, 9.17) is 32.9 Å². The number of ether oxygens (including phenoxy) is 1. The maximum atomic E-state index is 13.3. The molecule has 0 unspecified atom stereocenters. The van der Waals surface area contributed by atoms with E-state index in [1.165, 1.54) is 43.4 Å². The minimum absolute atomic E-state index is 0.103. The molecule has 1 aliphatic carbocycles. The third-order valence-corrected chi connectivity index (χ3v) is 11.4.